The third kappa shape index (κ3) is 3.74. The number of nitrogens with two attached hydrogens (primary N) is 1. The number of nitrogens with one attached hydrogen (secondary N) is 1. The van der Waals surface area contributed by atoms with E-state index in [4.69, 9.17) is 5.14 Å². The molecule has 0 bridgehead atoms. The second kappa shape index (κ2) is 5.31. The van der Waals surface area contributed by atoms with Gasteiger partial charge in [0.15, 0.2) is 0 Å². The Kier molecular flexibility index (Phi) is 3.99. The van der Waals surface area contributed by atoms with Crippen molar-refractivity contribution in [2.24, 2.45) is 5.14 Å². The summed E-state index contributed by atoms with van der Waals surface area (Å²) in [6.07, 6.45) is -0.0668. The molecule has 21 heavy (non-hydrogen) atoms. The van der Waals surface area contributed by atoms with Crippen LogP contribution in [0.5, 0.6) is 0 Å². The van der Waals surface area contributed by atoms with Gasteiger partial charge in [0.05, 0.1) is 11.4 Å². The van der Waals surface area contributed by atoms with E-state index in [-0.39, 0.29) is 24.4 Å². The maximum Gasteiger partial charge on any atom is 0.228 e. The summed E-state index contributed by atoms with van der Waals surface area (Å²) in [7, 11) is -3.71. The Hall–Kier alpha value is -1.60. The van der Waals surface area contributed by atoms with Crippen molar-refractivity contribution in [1.82, 2.24) is 0 Å². The highest BCUT2D eigenvalue weighted by Gasteiger charge is 2.38. The summed E-state index contributed by atoms with van der Waals surface area (Å²) in [5.74, 6) is -0.225. The molecule has 1 unspecified atom stereocenters. The molecule has 1 aromatic rings. The second-order valence-electron chi connectivity index (χ2n) is 6.31. The molecule has 1 atom stereocenters. The molecule has 0 radical (unpaired) electrons. The van der Waals surface area contributed by atoms with Crippen LogP contribution >= 0.6 is 0 Å². The molecule has 1 aliphatic rings. The van der Waals surface area contributed by atoms with Crippen molar-refractivity contribution in [1.29, 1.82) is 0 Å². The lowest BCUT2D eigenvalue weighted by molar-refractivity contribution is -0.117. The lowest BCUT2D eigenvalue weighted by atomic mass is 10.1. The number of sulfonamides is 1. The van der Waals surface area contributed by atoms with Gasteiger partial charge in [0.1, 0.15) is 5.25 Å². The number of amides is 1. The first kappa shape index (κ1) is 15.8. The zero-order valence-corrected chi connectivity index (χ0v) is 13.3. The first-order chi connectivity index (χ1) is 9.58. The minimum absolute atomic E-state index is 0.0668. The zero-order chi connectivity index (χ0) is 15.8. The van der Waals surface area contributed by atoms with Crippen LogP contribution in [0.4, 0.5) is 11.4 Å². The lowest BCUT2D eigenvalue weighted by Crippen LogP contribution is -2.33. The van der Waals surface area contributed by atoms with Gasteiger partial charge in [0, 0.05) is 18.5 Å². The summed E-state index contributed by atoms with van der Waals surface area (Å²) in [6.45, 7) is 6.15. The van der Waals surface area contributed by atoms with Crippen LogP contribution in [0, 0.1) is 0 Å². The fraction of sp³-hybridized carbons (Fsp3) is 0.500. The summed E-state index contributed by atoms with van der Waals surface area (Å²) in [4.78, 5) is 13.6. The molecule has 0 spiro atoms. The van der Waals surface area contributed by atoms with Gasteiger partial charge in [0.2, 0.25) is 15.9 Å². The normalized spacial score (nSPS) is 19.9. The third-order valence-electron chi connectivity index (χ3n) is 3.26. The largest absolute Gasteiger partial charge is 0.379 e. The average Bonchev–Trinajstić information content (AvgIpc) is 2.70. The first-order valence-electron chi connectivity index (χ1n) is 6.77. The Labute approximate surface area is 125 Å². The fourth-order valence-electron chi connectivity index (χ4n) is 2.35. The molecule has 0 aromatic heterocycles. The zero-order valence-electron chi connectivity index (χ0n) is 12.5. The highest BCUT2D eigenvalue weighted by Crippen LogP contribution is 2.32. The van der Waals surface area contributed by atoms with E-state index in [2.05, 4.69) is 5.32 Å². The molecule has 1 heterocycles. The topological polar surface area (TPSA) is 92.5 Å². The molecule has 1 amide bonds. The van der Waals surface area contributed by atoms with Crippen LogP contribution in [0.25, 0.3) is 0 Å². The molecule has 3 N–H and O–H groups in total. The van der Waals surface area contributed by atoms with Gasteiger partial charge in [0.25, 0.3) is 0 Å². The minimum atomic E-state index is -3.71. The molecule has 1 saturated heterocycles. The molecule has 7 heteroatoms. The monoisotopic (exact) mass is 311 g/mol. The van der Waals surface area contributed by atoms with Crippen LogP contribution in [0.2, 0.25) is 0 Å². The molecule has 1 fully saturated rings. The van der Waals surface area contributed by atoms with Gasteiger partial charge in [-0.05, 0) is 32.9 Å². The van der Waals surface area contributed by atoms with Gasteiger partial charge < -0.3 is 10.2 Å². The number of hydrogen-bond donors (Lipinski definition) is 2. The van der Waals surface area contributed by atoms with E-state index in [0.29, 0.717) is 5.69 Å². The molecule has 2 rings (SSSR count). The van der Waals surface area contributed by atoms with Gasteiger partial charge in [-0.3, -0.25) is 4.79 Å². The molecule has 0 aliphatic carbocycles. The van der Waals surface area contributed by atoms with Crippen molar-refractivity contribution in [2.75, 3.05) is 16.8 Å². The third-order valence-corrected chi connectivity index (χ3v) is 4.50. The molecule has 1 aromatic carbocycles. The van der Waals surface area contributed by atoms with Crippen molar-refractivity contribution in [3.8, 4) is 0 Å². The van der Waals surface area contributed by atoms with Gasteiger partial charge in [-0.1, -0.05) is 12.1 Å². The van der Waals surface area contributed by atoms with Crippen molar-refractivity contribution >= 4 is 27.3 Å². The lowest BCUT2D eigenvalue weighted by Gasteiger charge is -2.27. The Morgan fingerprint density at radius 3 is 2.43 bits per heavy atom. The summed E-state index contributed by atoms with van der Waals surface area (Å²) in [5, 5.41) is 7.65. The van der Waals surface area contributed by atoms with E-state index in [0.717, 1.165) is 5.69 Å². The predicted molar refractivity (Wildman–Crippen MR) is 83.7 cm³/mol. The summed E-state index contributed by atoms with van der Waals surface area (Å²) < 4.78 is 22.9. The van der Waals surface area contributed by atoms with Gasteiger partial charge in [-0.15, -0.1) is 0 Å². The Morgan fingerprint density at radius 2 is 1.90 bits per heavy atom. The van der Waals surface area contributed by atoms with Crippen LogP contribution in [0.1, 0.15) is 27.2 Å². The van der Waals surface area contributed by atoms with Crippen molar-refractivity contribution < 1.29 is 13.2 Å². The maximum atomic E-state index is 12.1. The number of rotatable bonds is 3. The Morgan fingerprint density at radius 1 is 1.29 bits per heavy atom. The number of carbonyl (C=O) groups excluding carboxylic acids is 1. The number of hydrogen-bond acceptors (Lipinski definition) is 4. The summed E-state index contributed by atoms with van der Waals surface area (Å²) >= 11 is 0. The van der Waals surface area contributed by atoms with Gasteiger partial charge >= 0.3 is 0 Å². The van der Waals surface area contributed by atoms with Crippen LogP contribution in [-0.4, -0.2) is 31.7 Å². The smallest absolute Gasteiger partial charge is 0.228 e. The van der Waals surface area contributed by atoms with Crippen LogP contribution < -0.4 is 15.4 Å². The molecule has 1 aliphatic heterocycles. The first-order valence-corrected chi connectivity index (χ1v) is 8.38. The quantitative estimate of drug-likeness (QED) is 0.880. The number of benzene rings is 1. The van der Waals surface area contributed by atoms with E-state index in [9.17, 15) is 13.2 Å². The molecular weight excluding hydrogens is 290 g/mol. The van der Waals surface area contributed by atoms with Crippen LogP contribution in [0.15, 0.2) is 24.3 Å². The highest BCUT2D eigenvalue weighted by atomic mass is 32.2. The molecule has 6 nitrogen and oxygen atoms in total. The van der Waals surface area contributed by atoms with Gasteiger partial charge in [-0.25, -0.2) is 13.6 Å². The van der Waals surface area contributed by atoms with Crippen molar-refractivity contribution in [2.45, 2.75) is 38.0 Å². The number of carbonyl (C=O) groups is 1. The van der Waals surface area contributed by atoms with Crippen LogP contribution in [-0.2, 0) is 14.8 Å². The van der Waals surface area contributed by atoms with E-state index in [1.165, 1.54) is 4.90 Å². The van der Waals surface area contributed by atoms with E-state index < -0.39 is 15.3 Å². The molecule has 116 valence electrons. The standard InChI is InChI=1S/C14H21N3O3S/c1-14(2,3)16-11-6-4-5-7-12(11)17-9-10(8-13(17)18)21(15,19)20/h4-7,10,16H,8-9H2,1-3H3,(H2,15,19,20). The molecule has 0 saturated carbocycles. The number of para-hydroxylation sites is 2. The molecular formula is C14H21N3O3S. The Bertz CT molecular complexity index is 650. The van der Waals surface area contributed by atoms with E-state index >= 15 is 0 Å². The summed E-state index contributed by atoms with van der Waals surface area (Å²) in [5.41, 5.74) is 1.31. The highest BCUT2D eigenvalue weighted by molar-refractivity contribution is 7.89. The number of nitrogens with zero attached hydrogens (tertiary/aromatic N) is 1. The van der Waals surface area contributed by atoms with E-state index in [1.807, 2.05) is 39.0 Å². The maximum absolute atomic E-state index is 12.1. The second-order valence-corrected chi connectivity index (χ2v) is 8.16. The summed E-state index contributed by atoms with van der Waals surface area (Å²) in [6, 6.07) is 7.37. The van der Waals surface area contributed by atoms with E-state index in [1.54, 1.807) is 6.07 Å². The fourth-order valence-corrected chi connectivity index (χ4v) is 3.08. The van der Waals surface area contributed by atoms with Crippen molar-refractivity contribution in [3.63, 3.8) is 0 Å². The number of primary sulfonamides is 1. The number of anilines is 2. The van der Waals surface area contributed by atoms with Crippen LogP contribution in [0.3, 0.4) is 0 Å². The SMILES string of the molecule is CC(C)(C)Nc1ccccc1N1CC(S(N)(=O)=O)CC1=O. The predicted octanol–water partition coefficient (Wildman–Crippen LogP) is 1.29. The van der Waals surface area contributed by atoms with Crippen molar-refractivity contribution in [3.05, 3.63) is 24.3 Å². The minimum Gasteiger partial charge on any atom is -0.379 e. The average molecular weight is 311 g/mol. The van der Waals surface area contributed by atoms with Gasteiger partial charge in [-0.2, -0.15) is 0 Å². The Balaban J connectivity index is 2.33.